The zero-order valence-electron chi connectivity index (χ0n) is 6.69. The van der Waals surface area contributed by atoms with E-state index in [0.717, 1.165) is 0 Å². The quantitative estimate of drug-likeness (QED) is 0.209. The van der Waals surface area contributed by atoms with Gasteiger partial charge in [-0.25, -0.2) is 0 Å². The number of carbonyl (C=O) groups excluding carboxylic acids is 2. The molecule has 0 spiro atoms. The Hall–Kier alpha value is -0.580. The minimum atomic E-state index is -0.118. The first-order valence-electron chi connectivity index (χ1n) is 2.83. The number of hydrogen-bond acceptors (Lipinski definition) is 4. The first-order chi connectivity index (χ1) is 5.28. The van der Waals surface area contributed by atoms with Crippen LogP contribution in [0.4, 0.5) is 0 Å². The summed E-state index contributed by atoms with van der Waals surface area (Å²) in [7, 11) is 0. The van der Waals surface area contributed by atoms with Crippen molar-refractivity contribution >= 4 is 12.6 Å². The fraction of sp³-hybridized carbons (Fsp3) is 0.143. The van der Waals surface area contributed by atoms with Gasteiger partial charge in [0.15, 0.2) is 0 Å². The molecule has 0 aromatic heterocycles. The number of aldehydes is 2. The van der Waals surface area contributed by atoms with Gasteiger partial charge in [-0.3, -0.25) is 9.59 Å². The van der Waals surface area contributed by atoms with E-state index in [0.29, 0.717) is 25.1 Å². The van der Waals surface area contributed by atoms with Crippen molar-refractivity contribution in [2.45, 2.75) is 6.42 Å². The van der Waals surface area contributed by atoms with E-state index in [1.165, 1.54) is 0 Å². The average Bonchev–Trinajstić information content (AvgIpc) is 2.07. The van der Waals surface area contributed by atoms with E-state index >= 15 is 0 Å². The van der Waals surface area contributed by atoms with E-state index < -0.39 is 0 Å². The summed E-state index contributed by atoms with van der Waals surface area (Å²) in [5.41, 5.74) is -0.0726. The number of hydrogen-bond donors (Lipinski definition) is 1. The molecule has 0 aromatic carbocycles. The number of aliphatic hydroxyl groups is 1. The molecule has 0 rings (SSSR count). The minimum absolute atomic E-state index is 0. The van der Waals surface area contributed by atoms with Crippen molar-refractivity contribution in [3.63, 3.8) is 0 Å². The van der Waals surface area contributed by atoms with Gasteiger partial charge in [-0.1, -0.05) is 0 Å². The molecular formula is C7H7NaO4. The monoisotopic (exact) mass is 178 g/mol. The van der Waals surface area contributed by atoms with Crippen LogP contribution in [-0.4, -0.2) is 17.7 Å². The number of rotatable bonds is 4. The maximum absolute atomic E-state index is 10.0. The number of allylic oxidation sites excluding steroid dienone is 2. The van der Waals surface area contributed by atoms with Gasteiger partial charge in [0.05, 0.1) is 6.26 Å². The number of carbonyl (C=O) groups is 2. The standard InChI is InChI=1S/C7H8O4.Na/c8-2-6(3-9)1-7(4-10)5-11;/h2-5,8,10H,1H2;/q;+1/p-1/b6-2-,7-4+;. The third-order valence-corrected chi connectivity index (χ3v) is 1.03. The Balaban J connectivity index is 0. The maximum atomic E-state index is 10.0. The molecule has 0 saturated heterocycles. The van der Waals surface area contributed by atoms with Crippen LogP contribution in [0.15, 0.2) is 23.7 Å². The molecule has 0 radical (unpaired) electrons. The summed E-state index contributed by atoms with van der Waals surface area (Å²) in [5.74, 6) is 0. The Morgan fingerprint density at radius 2 is 1.75 bits per heavy atom. The Morgan fingerprint density at radius 1 is 1.25 bits per heavy atom. The third kappa shape index (κ3) is 5.12. The fourth-order valence-corrected chi connectivity index (χ4v) is 0.465. The van der Waals surface area contributed by atoms with Gasteiger partial charge < -0.3 is 10.2 Å². The Morgan fingerprint density at radius 3 is 2.00 bits per heavy atom. The van der Waals surface area contributed by atoms with Crippen molar-refractivity contribution in [1.82, 2.24) is 0 Å². The first kappa shape index (κ1) is 14.0. The molecule has 12 heavy (non-hydrogen) atoms. The van der Waals surface area contributed by atoms with E-state index in [9.17, 15) is 14.7 Å². The van der Waals surface area contributed by atoms with Crippen molar-refractivity contribution in [2.24, 2.45) is 0 Å². The van der Waals surface area contributed by atoms with Crippen LogP contribution in [-0.2, 0) is 9.59 Å². The summed E-state index contributed by atoms with van der Waals surface area (Å²) in [4.78, 5) is 20.0. The molecule has 0 aliphatic heterocycles. The van der Waals surface area contributed by atoms with Crippen molar-refractivity contribution in [3.8, 4) is 0 Å². The van der Waals surface area contributed by atoms with Crippen molar-refractivity contribution in [3.05, 3.63) is 23.7 Å². The van der Waals surface area contributed by atoms with Crippen LogP contribution in [0.5, 0.6) is 0 Å². The molecule has 0 amide bonds. The maximum Gasteiger partial charge on any atom is 1.00 e. The molecule has 0 aliphatic rings. The molecule has 0 aliphatic carbocycles. The molecule has 0 unspecified atom stereocenters. The van der Waals surface area contributed by atoms with Gasteiger partial charge in [0, 0.05) is 12.0 Å². The molecule has 0 saturated carbocycles. The van der Waals surface area contributed by atoms with E-state index in [-0.39, 0.29) is 47.1 Å². The SMILES string of the molecule is O=C/C(=C\O)C/C(C=O)=C\[O-].[Na+]. The smallest absolute Gasteiger partial charge is 0.878 e. The molecule has 0 heterocycles. The minimum Gasteiger partial charge on any atom is -0.878 e. The largest absolute Gasteiger partial charge is 1.00 e. The second-order valence-corrected chi connectivity index (χ2v) is 1.81. The van der Waals surface area contributed by atoms with Crippen LogP contribution in [0.1, 0.15) is 6.42 Å². The molecular weight excluding hydrogens is 171 g/mol. The topological polar surface area (TPSA) is 77.4 Å². The average molecular weight is 178 g/mol. The summed E-state index contributed by atoms with van der Waals surface area (Å²) in [6, 6.07) is 0. The van der Waals surface area contributed by atoms with Gasteiger partial charge >= 0.3 is 29.6 Å². The van der Waals surface area contributed by atoms with Crippen LogP contribution in [0, 0.1) is 0 Å². The van der Waals surface area contributed by atoms with Gasteiger partial charge in [0.1, 0.15) is 12.6 Å². The zero-order valence-corrected chi connectivity index (χ0v) is 8.69. The summed E-state index contributed by atoms with van der Waals surface area (Å²) in [5, 5.41) is 18.3. The van der Waals surface area contributed by atoms with Crippen molar-refractivity contribution in [1.29, 1.82) is 0 Å². The Labute approximate surface area is 91.9 Å². The second-order valence-electron chi connectivity index (χ2n) is 1.81. The van der Waals surface area contributed by atoms with Crippen molar-refractivity contribution < 1.29 is 49.4 Å². The predicted molar refractivity (Wildman–Crippen MR) is 35.5 cm³/mol. The summed E-state index contributed by atoms with van der Waals surface area (Å²) in [6.45, 7) is 0. The van der Waals surface area contributed by atoms with Gasteiger partial charge in [0.2, 0.25) is 0 Å². The Kier molecular flexibility index (Phi) is 9.92. The molecule has 0 aromatic rings. The van der Waals surface area contributed by atoms with Crippen molar-refractivity contribution in [2.75, 3.05) is 0 Å². The molecule has 60 valence electrons. The molecule has 5 heteroatoms. The van der Waals surface area contributed by atoms with Gasteiger partial charge in [-0.2, -0.15) is 0 Å². The van der Waals surface area contributed by atoms with E-state index in [1.807, 2.05) is 0 Å². The summed E-state index contributed by atoms with van der Waals surface area (Å²) in [6.07, 6.45) is 1.53. The molecule has 1 N–H and O–H groups in total. The van der Waals surface area contributed by atoms with Gasteiger partial charge in [0.25, 0.3) is 0 Å². The van der Waals surface area contributed by atoms with Crippen LogP contribution >= 0.6 is 0 Å². The summed E-state index contributed by atoms with van der Waals surface area (Å²) < 4.78 is 0. The zero-order chi connectivity index (χ0) is 8.69. The van der Waals surface area contributed by atoms with E-state index in [1.54, 1.807) is 0 Å². The van der Waals surface area contributed by atoms with Crippen LogP contribution in [0.2, 0.25) is 0 Å². The predicted octanol–water partition coefficient (Wildman–Crippen LogP) is -3.54. The van der Waals surface area contributed by atoms with Crippen LogP contribution in [0.3, 0.4) is 0 Å². The van der Waals surface area contributed by atoms with Gasteiger partial charge in [-0.15, -0.1) is 6.26 Å². The van der Waals surface area contributed by atoms with Crippen LogP contribution < -0.4 is 34.7 Å². The second kappa shape index (κ2) is 8.52. The molecule has 4 nitrogen and oxygen atoms in total. The molecule has 0 bridgehead atoms. The first-order valence-corrected chi connectivity index (χ1v) is 2.83. The number of aliphatic hydroxyl groups excluding tert-OH is 1. The van der Waals surface area contributed by atoms with Crippen LogP contribution in [0.25, 0.3) is 0 Å². The van der Waals surface area contributed by atoms with E-state index in [4.69, 9.17) is 5.11 Å². The Bertz CT molecular complexity index is 185. The summed E-state index contributed by atoms with van der Waals surface area (Å²) >= 11 is 0. The fourth-order valence-electron chi connectivity index (χ4n) is 0.465. The van der Waals surface area contributed by atoms with Gasteiger partial charge in [-0.05, 0) is 5.57 Å². The molecule has 0 fully saturated rings. The molecule has 0 atom stereocenters. The third-order valence-electron chi connectivity index (χ3n) is 1.03. The normalized spacial score (nSPS) is 11.7. The van der Waals surface area contributed by atoms with E-state index in [2.05, 4.69) is 0 Å².